The van der Waals surface area contributed by atoms with Crippen LogP contribution in [0, 0.1) is 6.92 Å². The maximum Gasteiger partial charge on any atom is 0.0573 e. The molecule has 94 valence electrons. The van der Waals surface area contributed by atoms with Crippen LogP contribution < -0.4 is 0 Å². The van der Waals surface area contributed by atoms with Crippen molar-refractivity contribution >= 4 is 15.9 Å². The molecule has 2 rings (SSSR count). The first-order chi connectivity index (χ1) is 8.31. The normalized spacial score (nSPS) is 16.2. The van der Waals surface area contributed by atoms with Gasteiger partial charge in [0, 0.05) is 24.1 Å². The molecule has 1 fully saturated rings. The van der Waals surface area contributed by atoms with Crippen LogP contribution in [-0.2, 0) is 6.54 Å². The van der Waals surface area contributed by atoms with E-state index in [-0.39, 0.29) is 0 Å². The number of aromatic nitrogens is 1. The van der Waals surface area contributed by atoms with E-state index in [2.05, 4.69) is 38.8 Å². The number of hydrogen-bond donors (Lipinski definition) is 0. The van der Waals surface area contributed by atoms with E-state index in [9.17, 15) is 0 Å². The molecule has 2 nitrogen and oxygen atoms in total. The van der Waals surface area contributed by atoms with Gasteiger partial charge in [0.25, 0.3) is 0 Å². The third-order valence-electron chi connectivity index (χ3n) is 3.64. The van der Waals surface area contributed by atoms with Gasteiger partial charge in [-0.1, -0.05) is 28.4 Å². The summed E-state index contributed by atoms with van der Waals surface area (Å²) in [5.41, 5.74) is 2.56. The molecule has 0 radical (unpaired) electrons. The lowest BCUT2D eigenvalue weighted by atomic mass is 9.91. The van der Waals surface area contributed by atoms with Gasteiger partial charge in [-0.25, -0.2) is 0 Å². The van der Waals surface area contributed by atoms with Gasteiger partial charge < -0.3 is 0 Å². The standard InChI is InChI=1S/C14H21BrN2/c1-12-5-3-9-16-14(12)11-17(10-4-8-15)13-6-2-7-13/h3,5,9,13H,2,4,6-8,10-11H2,1H3. The fraction of sp³-hybridized carbons (Fsp3) is 0.643. The van der Waals surface area contributed by atoms with Gasteiger partial charge in [0.05, 0.1) is 5.69 Å². The summed E-state index contributed by atoms with van der Waals surface area (Å²) in [6.45, 7) is 4.36. The predicted molar refractivity (Wildman–Crippen MR) is 75.4 cm³/mol. The van der Waals surface area contributed by atoms with Crippen molar-refractivity contribution < 1.29 is 0 Å². The van der Waals surface area contributed by atoms with Gasteiger partial charge in [0.1, 0.15) is 0 Å². The van der Waals surface area contributed by atoms with Crippen molar-refractivity contribution in [3.05, 3.63) is 29.6 Å². The van der Waals surface area contributed by atoms with Gasteiger partial charge in [0.2, 0.25) is 0 Å². The zero-order chi connectivity index (χ0) is 12.1. The van der Waals surface area contributed by atoms with Gasteiger partial charge in [-0.15, -0.1) is 0 Å². The summed E-state index contributed by atoms with van der Waals surface area (Å²) in [5.74, 6) is 0. The summed E-state index contributed by atoms with van der Waals surface area (Å²) in [6, 6.07) is 4.98. The van der Waals surface area contributed by atoms with Crippen LogP contribution in [-0.4, -0.2) is 27.8 Å². The maximum atomic E-state index is 4.51. The summed E-state index contributed by atoms with van der Waals surface area (Å²) in [4.78, 5) is 7.12. The molecule has 3 heteroatoms. The van der Waals surface area contributed by atoms with Crippen molar-refractivity contribution in [1.29, 1.82) is 0 Å². The Labute approximate surface area is 113 Å². The third-order valence-corrected chi connectivity index (χ3v) is 4.20. The summed E-state index contributed by atoms with van der Waals surface area (Å²) < 4.78 is 0. The molecule has 1 aromatic heterocycles. The Bertz CT molecular complexity index is 350. The predicted octanol–water partition coefficient (Wildman–Crippen LogP) is 3.53. The SMILES string of the molecule is Cc1cccnc1CN(CCCBr)C1CCC1. The summed E-state index contributed by atoms with van der Waals surface area (Å²) in [6.07, 6.45) is 7.27. The van der Waals surface area contributed by atoms with Gasteiger partial charge in [-0.2, -0.15) is 0 Å². The molecule has 1 aliphatic rings. The number of hydrogen-bond acceptors (Lipinski definition) is 2. The van der Waals surface area contributed by atoms with E-state index in [1.807, 2.05) is 12.3 Å². The third kappa shape index (κ3) is 3.52. The topological polar surface area (TPSA) is 16.1 Å². The smallest absolute Gasteiger partial charge is 0.0573 e. The van der Waals surface area contributed by atoms with E-state index in [4.69, 9.17) is 0 Å². The number of rotatable bonds is 6. The Morgan fingerprint density at radius 1 is 1.47 bits per heavy atom. The average Bonchev–Trinajstić information content (AvgIpc) is 2.26. The van der Waals surface area contributed by atoms with Crippen LogP contribution in [0.1, 0.15) is 36.9 Å². The summed E-state index contributed by atoms with van der Waals surface area (Å²) in [5, 5.41) is 1.09. The lowest BCUT2D eigenvalue weighted by molar-refractivity contribution is 0.118. The molecule has 0 atom stereocenters. The second kappa shape index (κ2) is 6.50. The van der Waals surface area contributed by atoms with Crippen LogP contribution in [0.5, 0.6) is 0 Å². The molecule has 0 spiro atoms. The van der Waals surface area contributed by atoms with E-state index in [0.717, 1.165) is 17.9 Å². The van der Waals surface area contributed by atoms with Crippen molar-refractivity contribution in [2.24, 2.45) is 0 Å². The Balaban J connectivity index is 1.98. The van der Waals surface area contributed by atoms with Crippen LogP contribution in [0.2, 0.25) is 0 Å². The fourth-order valence-electron chi connectivity index (χ4n) is 2.28. The molecule has 0 saturated heterocycles. The Hall–Kier alpha value is -0.410. The van der Waals surface area contributed by atoms with Crippen LogP contribution in [0.3, 0.4) is 0 Å². The van der Waals surface area contributed by atoms with Gasteiger partial charge in [-0.3, -0.25) is 9.88 Å². The lowest BCUT2D eigenvalue weighted by Gasteiger charge is -2.37. The molecule has 17 heavy (non-hydrogen) atoms. The number of halogens is 1. The second-order valence-corrected chi connectivity index (χ2v) is 5.66. The minimum Gasteiger partial charge on any atom is -0.295 e. The molecule has 1 heterocycles. The highest BCUT2D eigenvalue weighted by atomic mass is 79.9. The first-order valence-electron chi connectivity index (χ1n) is 6.52. The van der Waals surface area contributed by atoms with Crippen molar-refractivity contribution in [3.63, 3.8) is 0 Å². The van der Waals surface area contributed by atoms with E-state index >= 15 is 0 Å². The second-order valence-electron chi connectivity index (χ2n) is 4.86. The number of alkyl halides is 1. The largest absolute Gasteiger partial charge is 0.295 e. The van der Waals surface area contributed by atoms with Crippen LogP contribution >= 0.6 is 15.9 Å². The van der Waals surface area contributed by atoms with Crippen LogP contribution in [0.25, 0.3) is 0 Å². The molecule has 0 bridgehead atoms. The minimum absolute atomic E-state index is 0.801. The quantitative estimate of drug-likeness (QED) is 0.747. The Morgan fingerprint density at radius 3 is 2.88 bits per heavy atom. The van der Waals surface area contributed by atoms with Crippen molar-refractivity contribution in [2.75, 3.05) is 11.9 Å². The number of nitrogens with zero attached hydrogens (tertiary/aromatic N) is 2. The highest BCUT2D eigenvalue weighted by Crippen LogP contribution is 2.26. The highest BCUT2D eigenvalue weighted by molar-refractivity contribution is 9.09. The van der Waals surface area contributed by atoms with E-state index < -0.39 is 0 Å². The Morgan fingerprint density at radius 2 is 2.29 bits per heavy atom. The molecule has 0 aliphatic heterocycles. The first-order valence-corrected chi connectivity index (χ1v) is 7.64. The summed E-state index contributed by atoms with van der Waals surface area (Å²) in [7, 11) is 0. The van der Waals surface area contributed by atoms with Gasteiger partial charge in [-0.05, 0) is 44.4 Å². The molecule has 1 aliphatic carbocycles. The molecule has 1 saturated carbocycles. The molecule has 0 unspecified atom stereocenters. The molecular weight excluding hydrogens is 276 g/mol. The fourth-order valence-corrected chi connectivity index (χ4v) is 2.53. The average molecular weight is 297 g/mol. The first kappa shape index (κ1) is 13.0. The lowest BCUT2D eigenvalue weighted by Crippen LogP contribution is -2.40. The van der Waals surface area contributed by atoms with Gasteiger partial charge in [0.15, 0.2) is 0 Å². The zero-order valence-corrected chi connectivity index (χ0v) is 12.1. The van der Waals surface area contributed by atoms with E-state index in [1.54, 1.807) is 0 Å². The molecular formula is C14H21BrN2. The summed E-state index contributed by atoms with van der Waals surface area (Å²) >= 11 is 3.52. The maximum absolute atomic E-state index is 4.51. The van der Waals surface area contributed by atoms with Crippen LogP contribution in [0.4, 0.5) is 0 Å². The number of pyridine rings is 1. The highest BCUT2D eigenvalue weighted by Gasteiger charge is 2.24. The monoisotopic (exact) mass is 296 g/mol. The van der Waals surface area contributed by atoms with Crippen molar-refractivity contribution in [2.45, 2.75) is 45.2 Å². The minimum atomic E-state index is 0.801. The van der Waals surface area contributed by atoms with E-state index in [0.29, 0.717) is 0 Å². The van der Waals surface area contributed by atoms with E-state index in [1.165, 1.54) is 43.5 Å². The van der Waals surface area contributed by atoms with Crippen molar-refractivity contribution in [1.82, 2.24) is 9.88 Å². The van der Waals surface area contributed by atoms with Crippen LogP contribution in [0.15, 0.2) is 18.3 Å². The molecule has 0 N–H and O–H groups in total. The molecule has 1 aromatic rings. The Kier molecular flexibility index (Phi) is 4.99. The molecule has 0 aromatic carbocycles. The zero-order valence-electron chi connectivity index (χ0n) is 10.5. The molecule has 0 amide bonds. The van der Waals surface area contributed by atoms with Gasteiger partial charge >= 0.3 is 0 Å². The van der Waals surface area contributed by atoms with Crippen molar-refractivity contribution in [3.8, 4) is 0 Å². The number of aryl methyl sites for hydroxylation is 1.